The number of benzene rings is 2. The Balaban J connectivity index is 1.53. The van der Waals surface area contributed by atoms with Crippen LogP contribution < -0.4 is 10.6 Å². The first-order valence-electron chi connectivity index (χ1n) is 9.92. The van der Waals surface area contributed by atoms with E-state index in [0.717, 1.165) is 28.9 Å². The molecule has 1 aliphatic carbocycles. The van der Waals surface area contributed by atoms with Crippen LogP contribution in [0.15, 0.2) is 70.7 Å². The molecule has 0 atom stereocenters. The molecule has 1 aliphatic rings. The van der Waals surface area contributed by atoms with Crippen LogP contribution >= 0.6 is 11.8 Å². The Kier molecular flexibility index (Phi) is 5.86. The second-order valence-corrected chi connectivity index (χ2v) is 8.54. The van der Waals surface area contributed by atoms with Gasteiger partial charge >= 0.3 is 0 Å². The third-order valence-corrected chi connectivity index (χ3v) is 6.04. The summed E-state index contributed by atoms with van der Waals surface area (Å²) in [6.07, 6.45) is 3.75. The monoisotopic (exact) mass is 417 g/mol. The third kappa shape index (κ3) is 4.89. The minimum Gasteiger partial charge on any atom is -0.349 e. The number of anilines is 1. The van der Waals surface area contributed by atoms with Crippen LogP contribution in [0.5, 0.6) is 0 Å². The van der Waals surface area contributed by atoms with E-state index in [1.54, 1.807) is 42.6 Å². The predicted molar refractivity (Wildman–Crippen MR) is 119 cm³/mol. The van der Waals surface area contributed by atoms with Crippen molar-refractivity contribution >= 4 is 29.3 Å². The minimum atomic E-state index is -0.254. The van der Waals surface area contributed by atoms with Gasteiger partial charge in [0.05, 0.1) is 5.56 Å². The first kappa shape index (κ1) is 20.2. The van der Waals surface area contributed by atoms with E-state index in [1.807, 2.05) is 13.8 Å². The van der Waals surface area contributed by atoms with Gasteiger partial charge in [-0.15, -0.1) is 0 Å². The summed E-state index contributed by atoms with van der Waals surface area (Å²) in [4.78, 5) is 30.8. The van der Waals surface area contributed by atoms with Crippen LogP contribution in [0.3, 0.4) is 0 Å². The van der Waals surface area contributed by atoms with Crippen molar-refractivity contribution in [3.05, 3.63) is 83.0 Å². The molecule has 5 nitrogen and oxygen atoms in total. The van der Waals surface area contributed by atoms with Gasteiger partial charge in [-0.1, -0.05) is 30.0 Å². The molecular formula is C24H23N3O2S. The molecule has 2 aromatic carbocycles. The minimum absolute atomic E-state index is 0.110. The summed E-state index contributed by atoms with van der Waals surface area (Å²) in [7, 11) is 0. The lowest BCUT2D eigenvalue weighted by atomic mass is 10.1. The molecule has 1 saturated carbocycles. The third-order valence-electron chi connectivity index (χ3n) is 4.86. The molecule has 0 unspecified atom stereocenters. The number of carbonyl (C=O) groups is 2. The lowest BCUT2D eigenvalue weighted by Gasteiger charge is -2.11. The zero-order valence-corrected chi connectivity index (χ0v) is 17.8. The standard InChI is InChI=1S/C24H23N3O2S/c1-15-8-9-16(2)21(13-15)30-24-20(7-4-12-25-24)23(29)27-19-6-3-5-17(14-19)22(28)26-18-10-11-18/h3-9,12-14,18H,10-11H2,1-2H3,(H,26,28)(H,27,29). The first-order chi connectivity index (χ1) is 14.5. The number of rotatable bonds is 6. The molecule has 1 fully saturated rings. The highest BCUT2D eigenvalue weighted by Gasteiger charge is 2.24. The van der Waals surface area contributed by atoms with E-state index in [2.05, 4.69) is 33.8 Å². The van der Waals surface area contributed by atoms with Gasteiger partial charge in [0.1, 0.15) is 5.03 Å². The van der Waals surface area contributed by atoms with E-state index < -0.39 is 0 Å². The predicted octanol–water partition coefficient (Wildman–Crippen LogP) is 4.99. The number of carbonyl (C=O) groups excluding carboxylic acids is 2. The molecular weight excluding hydrogens is 394 g/mol. The molecule has 152 valence electrons. The fourth-order valence-electron chi connectivity index (χ4n) is 3.00. The van der Waals surface area contributed by atoms with Gasteiger partial charge in [0.15, 0.2) is 0 Å². The van der Waals surface area contributed by atoms with Gasteiger partial charge in [0.2, 0.25) is 0 Å². The van der Waals surface area contributed by atoms with Gasteiger partial charge in [-0.3, -0.25) is 9.59 Å². The van der Waals surface area contributed by atoms with E-state index in [1.165, 1.54) is 11.8 Å². The van der Waals surface area contributed by atoms with Crippen LogP contribution in [0.25, 0.3) is 0 Å². The Labute approximate surface area is 180 Å². The molecule has 0 aliphatic heterocycles. The maximum Gasteiger partial charge on any atom is 0.258 e. The van der Waals surface area contributed by atoms with E-state index in [4.69, 9.17) is 0 Å². The van der Waals surface area contributed by atoms with Gasteiger partial charge in [-0.25, -0.2) is 4.98 Å². The Hall–Kier alpha value is -3.12. The summed E-state index contributed by atoms with van der Waals surface area (Å²) in [5, 5.41) is 6.51. The highest BCUT2D eigenvalue weighted by molar-refractivity contribution is 7.99. The van der Waals surface area contributed by atoms with Crippen LogP contribution in [0.2, 0.25) is 0 Å². The lowest BCUT2D eigenvalue weighted by Crippen LogP contribution is -2.25. The van der Waals surface area contributed by atoms with Crippen molar-refractivity contribution in [3.63, 3.8) is 0 Å². The summed E-state index contributed by atoms with van der Waals surface area (Å²) in [5.41, 5.74) is 3.91. The van der Waals surface area contributed by atoms with Crippen molar-refractivity contribution in [3.8, 4) is 0 Å². The maximum absolute atomic E-state index is 13.0. The highest BCUT2D eigenvalue weighted by Crippen LogP contribution is 2.32. The molecule has 0 radical (unpaired) electrons. The number of hydrogen-bond donors (Lipinski definition) is 2. The van der Waals surface area contributed by atoms with Gasteiger partial charge in [-0.2, -0.15) is 0 Å². The van der Waals surface area contributed by atoms with Crippen LogP contribution in [0.4, 0.5) is 5.69 Å². The van der Waals surface area contributed by atoms with Gasteiger partial charge in [-0.05, 0) is 74.2 Å². The number of aryl methyl sites for hydroxylation is 2. The molecule has 1 heterocycles. The number of nitrogens with one attached hydrogen (secondary N) is 2. The van der Waals surface area contributed by atoms with Crippen LogP contribution in [-0.4, -0.2) is 22.8 Å². The van der Waals surface area contributed by atoms with Crippen molar-refractivity contribution in [1.29, 1.82) is 0 Å². The number of nitrogens with zero attached hydrogens (tertiary/aromatic N) is 1. The summed E-state index contributed by atoms with van der Waals surface area (Å²) in [5.74, 6) is -0.364. The second-order valence-electron chi connectivity index (χ2n) is 7.51. The largest absolute Gasteiger partial charge is 0.349 e. The highest BCUT2D eigenvalue weighted by atomic mass is 32.2. The molecule has 1 aromatic heterocycles. The fourth-order valence-corrected chi connectivity index (χ4v) is 4.07. The van der Waals surface area contributed by atoms with Gasteiger partial charge in [0, 0.05) is 28.4 Å². The lowest BCUT2D eigenvalue weighted by molar-refractivity contribution is 0.0949. The summed E-state index contributed by atoms with van der Waals surface area (Å²) in [6.45, 7) is 4.09. The van der Waals surface area contributed by atoms with E-state index in [-0.39, 0.29) is 17.9 Å². The number of pyridine rings is 1. The van der Waals surface area contributed by atoms with E-state index >= 15 is 0 Å². The molecule has 4 rings (SSSR count). The topological polar surface area (TPSA) is 71.1 Å². The summed E-state index contributed by atoms with van der Waals surface area (Å²) >= 11 is 1.48. The van der Waals surface area contributed by atoms with Crippen molar-refractivity contribution in [1.82, 2.24) is 10.3 Å². The van der Waals surface area contributed by atoms with Crippen molar-refractivity contribution in [2.24, 2.45) is 0 Å². The average molecular weight is 418 g/mol. The summed E-state index contributed by atoms with van der Waals surface area (Å²) < 4.78 is 0. The molecule has 6 heteroatoms. The average Bonchev–Trinajstić information content (AvgIpc) is 3.55. The quantitative estimate of drug-likeness (QED) is 0.592. The Morgan fingerprint density at radius 2 is 1.83 bits per heavy atom. The summed E-state index contributed by atoms with van der Waals surface area (Å²) in [6, 6.07) is 17.0. The molecule has 0 spiro atoms. The van der Waals surface area contributed by atoms with Crippen LogP contribution in [0.1, 0.15) is 44.7 Å². The molecule has 0 saturated heterocycles. The first-order valence-corrected chi connectivity index (χ1v) is 10.7. The zero-order chi connectivity index (χ0) is 21.1. The van der Waals surface area contributed by atoms with Crippen LogP contribution in [-0.2, 0) is 0 Å². The number of hydrogen-bond acceptors (Lipinski definition) is 4. The van der Waals surface area contributed by atoms with E-state index in [0.29, 0.717) is 21.8 Å². The van der Waals surface area contributed by atoms with Crippen molar-refractivity contribution in [2.45, 2.75) is 42.7 Å². The van der Waals surface area contributed by atoms with Crippen molar-refractivity contribution in [2.75, 3.05) is 5.32 Å². The SMILES string of the molecule is Cc1ccc(C)c(Sc2ncccc2C(=O)Nc2cccc(C(=O)NC3CC3)c2)c1. The Morgan fingerprint density at radius 1 is 1.00 bits per heavy atom. The van der Waals surface area contributed by atoms with E-state index in [9.17, 15) is 9.59 Å². The zero-order valence-electron chi connectivity index (χ0n) is 16.9. The Morgan fingerprint density at radius 3 is 2.63 bits per heavy atom. The second kappa shape index (κ2) is 8.71. The maximum atomic E-state index is 13.0. The number of amides is 2. The molecule has 2 N–H and O–H groups in total. The smallest absolute Gasteiger partial charge is 0.258 e. The van der Waals surface area contributed by atoms with Crippen LogP contribution in [0, 0.1) is 13.8 Å². The van der Waals surface area contributed by atoms with Crippen molar-refractivity contribution < 1.29 is 9.59 Å². The molecule has 3 aromatic rings. The van der Waals surface area contributed by atoms with Gasteiger partial charge < -0.3 is 10.6 Å². The van der Waals surface area contributed by atoms with Gasteiger partial charge in [0.25, 0.3) is 11.8 Å². The fraction of sp³-hybridized carbons (Fsp3) is 0.208. The molecule has 0 bridgehead atoms. The Bertz CT molecular complexity index is 1110. The number of aromatic nitrogens is 1. The normalized spacial score (nSPS) is 13.0. The molecule has 2 amide bonds. The molecule has 30 heavy (non-hydrogen) atoms.